The molecule has 0 radical (unpaired) electrons. The van der Waals surface area contributed by atoms with Gasteiger partial charge in [0.15, 0.2) is 6.10 Å². The van der Waals surface area contributed by atoms with Crippen LogP contribution >= 0.6 is 0 Å². The highest BCUT2D eigenvalue weighted by Crippen LogP contribution is 2.41. The van der Waals surface area contributed by atoms with Crippen LogP contribution in [-0.2, 0) is 23.0 Å². The number of aromatic nitrogens is 3. The first-order valence-corrected chi connectivity index (χ1v) is 10.4. The van der Waals surface area contributed by atoms with E-state index in [0.29, 0.717) is 18.0 Å². The topological polar surface area (TPSA) is 86.5 Å². The molecular weight excluding hydrogens is 394 g/mol. The minimum atomic E-state index is -1.17. The van der Waals surface area contributed by atoms with E-state index in [-0.39, 0.29) is 0 Å². The molecule has 1 aliphatic rings. The van der Waals surface area contributed by atoms with Crippen molar-refractivity contribution in [2.75, 3.05) is 6.61 Å². The molecule has 1 unspecified atom stereocenters. The van der Waals surface area contributed by atoms with Crippen LogP contribution in [0.5, 0.6) is 5.75 Å². The van der Waals surface area contributed by atoms with Crippen LogP contribution < -0.4 is 4.74 Å². The number of nitrogens with zero attached hydrogens (tertiary/aromatic N) is 3. The van der Waals surface area contributed by atoms with Crippen LogP contribution in [0.3, 0.4) is 0 Å². The van der Waals surface area contributed by atoms with Crippen LogP contribution in [0.2, 0.25) is 0 Å². The minimum Gasteiger partial charge on any atom is -0.493 e. The van der Waals surface area contributed by atoms with Gasteiger partial charge in [-0.15, -0.1) is 0 Å². The van der Waals surface area contributed by atoms with Crippen molar-refractivity contribution >= 4 is 5.97 Å². The molecule has 0 saturated heterocycles. The number of pyridine rings is 1. The van der Waals surface area contributed by atoms with Gasteiger partial charge in [0.25, 0.3) is 0 Å². The Bertz CT molecular complexity index is 1100. The Labute approximate surface area is 181 Å². The zero-order valence-electron chi connectivity index (χ0n) is 18.3. The number of fused-ring (bicyclic) bond motifs is 1. The number of aryl methyl sites for hydroxylation is 2. The summed E-state index contributed by atoms with van der Waals surface area (Å²) in [5, 5.41) is 14.8. The van der Waals surface area contributed by atoms with E-state index in [2.05, 4.69) is 11.1 Å². The third-order valence-electron chi connectivity index (χ3n) is 5.19. The molecule has 7 nitrogen and oxygen atoms in total. The Hall–Kier alpha value is -3.19. The summed E-state index contributed by atoms with van der Waals surface area (Å²) < 4.78 is 13.4. The predicted molar refractivity (Wildman–Crippen MR) is 117 cm³/mol. The third kappa shape index (κ3) is 4.32. The van der Waals surface area contributed by atoms with Gasteiger partial charge in [-0.25, -0.2) is 4.79 Å². The fourth-order valence-electron chi connectivity index (χ4n) is 3.93. The molecule has 0 bridgehead atoms. The molecular formula is C24H27N3O4. The largest absolute Gasteiger partial charge is 0.493 e. The number of rotatable bonds is 5. The van der Waals surface area contributed by atoms with Crippen LogP contribution in [-0.4, -0.2) is 38.0 Å². The number of hydrogen-bond acceptors (Lipinski definition) is 5. The van der Waals surface area contributed by atoms with Gasteiger partial charge in [-0.3, -0.25) is 9.67 Å². The lowest BCUT2D eigenvalue weighted by molar-refractivity contribution is -0.161. The van der Waals surface area contributed by atoms with Crippen molar-refractivity contribution in [3.63, 3.8) is 0 Å². The standard InChI is InChI=1S/C24H27N3O4/c1-24(2,3)31-22(23(28)29)21-19(17-7-8-18-16(14-17)6-5-13-30-18)20(26-27(21)4)15-9-11-25-12-10-15/h7-12,14,22H,5-6,13H2,1-4H3,(H,28,29). The Kier molecular flexibility index (Phi) is 5.54. The molecule has 0 amide bonds. The molecule has 4 rings (SSSR count). The summed E-state index contributed by atoms with van der Waals surface area (Å²) in [6.07, 6.45) is 4.11. The van der Waals surface area contributed by atoms with Gasteiger partial charge in [-0.05, 0) is 69.0 Å². The number of carbonyl (C=O) groups is 1. The van der Waals surface area contributed by atoms with E-state index in [4.69, 9.17) is 14.6 Å². The molecule has 1 aromatic carbocycles. The molecule has 1 atom stereocenters. The summed E-state index contributed by atoms with van der Waals surface area (Å²) in [6, 6.07) is 9.74. The maximum atomic E-state index is 12.3. The molecule has 162 valence electrons. The zero-order chi connectivity index (χ0) is 22.2. The monoisotopic (exact) mass is 421 g/mol. The maximum absolute atomic E-state index is 12.3. The summed E-state index contributed by atoms with van der Waals surface area (Å²) in [4.78, 5) is 16.4. The van der Waals surface area contributed by atoms with Crippen molar-refractivity contribution in [1.82, 2.24) is 14.8 Å². The lowest BCUT2D eigenvalue weighted by Gasteiger charge is -2.26. The minimum absolute atomic E-state index is 0.505. The summed E-state index contributed by atoms with van der Waals surface area (Å²) in [6.45, 7) is 6.25. The van der Waals surface area contributed by atoms with E-state index in [1.165, 1.54) is 0 Å². The van der Waals surface area contributed by atoms with E-state index < -0.39 is 17.7 Å². The Balaban J connectivity index is 1.95. The number of benzene rings is 1. The van der Waals surface area contributed by atoms with Crippen LogP contribution in [0.25, 0.3) is 22.4 Å². The van der Waals surface area contributed by atoms with E-state index in [1.807, 2.05) is 45.0 Å². The van der Waals surface area contributed by atoms with Crippen LogP contribution in [0.4, 0.5) is 0 Å². The average molecular weight is 421 g/mol. The molecule has 0 saturated carbocycles. The molecule has 1 aliphatic heterocycles. The average Bonchev–Trinajstić information content (AvgIpc) is 3.08. The van der Waals surface area contributed by atoms with Crippen molar-refractivity contribution < 1.29 is 19.4 Å². The Morgan fingerprint density at radius 1 is 1.19 bits per heavy atom. The van der Waals surface area contributed by atoms with Gasteiger partial charge in [-0.1, -0.05) is 6.07 Å². The molecule has 0 aliphatic carbocycles. The molecule has 3 aromatic rings. The van der Waals surface area contributed by atoms with Crippen molar-refractivity contribution in [2.45, 2.75) is 45.3 Å². The molecule has 31 heavy (non-hydrogen) atoms. The Morgan fingerprint density at radius 3 is 2.61 bits per heavy atom. The zero-order valence-corrected chi connectivity index (χ0v) is 18.3. The van der Waals surface area contributed by atoms with Gasteiger partial charge in [0, 0.05) is 30.6 Å². The fourth-order valence-corrected chi connectivity index (χ4v) is 3.93. The molecule has 7 heteroatoms. The van der Waals surface area contributed by atoms with Gasteiger partial charge in [0.1, 0.15) is 11.4 Å². The second kappa shape index (κ2) is 8.15. The van der Waals surface area contributed by atoms with Gasteiger partial charge in [-0.2, -0.15) is 5.10 Å². The molecule has 1 N–H and O–H groups in total. The van der Waals surface area contributed by atoms with Crippen molar-refractivity contribution in [3.05, 3.63) is 54.0 Å². The first-order valence-electron chi connectivity index (χ1n) is 10.4. The number of aliphatic carboxylic acids is 1. The van der Waals surface area contributed by atoms with E-state index in [9.17, 15) is 9.90 Å². The predicted octanol–water partition coefficient (Wildman–Crippen LogP) is 4.41. The smallest absolute Gasteiger partial charge is 0.339 e. The SMILES string of the molecule is Cn1nc(-c2ccncc2)c(-c2ccc3c(c2)CCCO3)c1C(OC(C)(C)C)C(=O)O. The first-order chi connectivity index (χ1) is 14.7. The molecule has 3 heterocycles. The molecule has 2 aromatic heterocycles. The van der Waals surface area contributed by atoms with Gasteiger partial charge >= 0.3 is 5.97 Å². The van der Waals surface area contributed by atoms with E-state index >= 15 is 0 Å². The normalized spacial score (nSPS) is 14.6. The Morgan fingerprint density at radius 2 is 1.94 bits per heavy atom. The molecule has 0 fully saturated rings. The number of hydrogen-bond donors (Lipinski definition) is 1. The number of carboxylic acid groups (broad SMARTS) is 1. The quantitative estimate of drug-likeness (QED) is 0.656. The first kappa shape index (κ1) is 21.1. The van der Waals surface area contributed by atoms with Crippen molar-refractivity contribution in [3.8, 4) is 28.1 Å². The van der Waals surface area contributed by atoms with E-state index in [0.717, 1.165) is 40.8 Å². The fraction of sp³-hybridized carbons (Fsp3) is 0.375. The van der Waals surface area contributed by atoms with Crippen molar-refractivity contribution in [2.24, 2.45) is 7.05 Å². The number of carboxylic acids is 1. The highest BCUT2D eigenvalue weighted by molar-refractivity contribution is 5.87. The van der Waals surface area contributed by atoms with Crippen molar-refractivity contribution in [1.29, 1.82) is 0 Å². The summed E-state index contributed by atoms with van der Waals surface area (Å²) in [5.74, 6) is -0.173. The van der Waals surface area contributed by atoms with Gasteiger partial charge in [0.05, 0.1) is 17.9 Å². The van der Waals surface area contributed by atoms with Crippen LogP contribution in [0.1, 0.15) is 44.6 Å². The number of ether oxygens (including phenoxy) is 2. The van der Waals surface area contributed by atoms with Crippen LogP contribution in [0, 0.1) is 0 Å². The third-order valence-corrected chi connectivity index (χ3v) is 5.19. The van der Waals surface area contributed by atoms with Crippen LogP contribution in [0.15, 0.2) is 42.7 Å². The molecule has 0 spiro atoms. The lowest BCUT2D eigenvalue weighted by atomic mass is 9.94. The summed E-state index contributed by atoms with van der Waals surface area (Å²) in [5.41, 5.74) is 4.17. The van der Waals surface area contributed by atoms with E-state index in [1.54, 1.807) is 24.1 Å². The second-order valence-electron chi connectivity index (χ2n) is 8.69. The van der Waals surface area contributed by atoms with Gasteiger partial charge in [0.2, 0.25) is 0 Å². The lowest BCUT2D eigenvalue weighted by Crippen LogP contribution is -2.29. The maximum Gasteiger partial charge on any atom is 0.339 e. The summed E-state index contributed by atoms with van der Waals surface area (Å²) >= 11 is 0. The highest BCUT2D eigenvalue weighted by Gasteiger charge is 2.34. The second-order valence-corrected chi connectivity index (χ2v) is 8.69. The summed E-state index contributed by atoms with van der Waals surface area (Å²) in [7, 11) is 1.76. The highest BCUT2D eigenvalue weighted by atomic mass is 16.5. The van der Waals surface area contributed by atoms with Gasteiger partial charge < -0.3 is 14.6 Å².